The predicted molar refractivity (Wildman–Crippen MR) is 92.8 cm³/mol. The second kappa shape index (κ2) is 6.23. The van der Waals surface area contributed by atoms with Gasteiger partial charge in [0, 0.05) is 24.7 Å². The molecule has 2 aromatic rings. The van der Waals surface area contributed by atoms with Crippen LogP contribution in [-0.2, 0) is 13.5 Å². The summed E-state index contributed by atoms with van der Waals surface area (Å²) in [6, 6.07) is 9.70. The lowest BCUT2D eigenvalue weighted by Crippen LogP contribution is -2.29. The number of hydrogen-bond donors (Lipinski definition) is 1. The lowest BCUT2D eigenvalue weighted by molar-refractivity contribution is 0.0938. The van der Waals surface area contributed by atoms with Gasteiger partial charge in [-0.1, -0.05) is 12.1 Å². The fourth-order valence-electron chi connectivity index (χ4n) is 2.96. The topological polar surface area (TPSA) is 52.5 Å². The molecular formula is C19H24N2O3. The van der Waals surface area contributed by atoms with Gasteiger partial charge < -0.3 is 19.4 Å². The van der Waals surface area contributed by atoms with Gasteiger partial charge in [0.05, 0.1) is 6.54 Å². The van der Waals surface area contributed by atoms with Crippen LogP contribution in [0.25, 0.3) is 0 Å². The van der Waals surface area contributed by atoms with E-state index < -0.39 is 0 Å². The number of aryl methyl sites for hydroxylation is 1. The number of ether oxygens (including phenoxy) is 2. The van der Waals surface area contributed by atoms with Gasteiger partial charge in [0.15, 0.2) is 11.5 Å². The van der Waals surface area contributed by atoms with Crippen LogP contribution in [0.4, 0.5) is 0 Å². The summed E-state index contributed by atoms with van der Waals surface area (Å²) in [5.41, 5.74) is 2.68. The number of carbonyl (C=O) groups is 1. The van der Waals surface area contributed by atoms with Crippen LogP contribution in [0.15, 0.2) is 30.3 Å². The molecule has 1 N–H and O–H groups in total. The zero-order valence-corrected chi connectivity index (χ0v) is 14.7. The van der Waals surface area contributed by atoms with Crippen molar-refractivity contribution >= 4 is 5.91 Å². The number of nitrogens with zero attached hydrogens (tertiary/aromatic N) is 1. The van der Waals surface area contributed by atoms with Crippen LogP contribution in [0, 0.1) is 6.92 Å². The van der Waals surface area contributed by atoms with Crippen molar-refractivity contribution in [3.63, 3.8) is 0 Å². The number of rotatable bonds is 5. The Morgan fingerprint density at radius 3 is 2.83 bits per heavy atom. The monoisotopic (exact) mass is 328 g/mol. The van der Waals surface area contributed by atoms with Crippen LogP contribution in [0.3, 0.4) is 0 Å². The molecule has 24 heavy (non-hydrogen) atoms. The molecule has 0 spiro atoms. The van der Waals surface area contributed by atoms with Crippen LogP contribution in [-0.4, -0.2) is 29.2 Å². The third-order valence-corrected chi connectivity index (χ3v) is 4.31. The van der Waals surface area contributed by atoms with Crippen molar-refractivity contribution < 1.29 is 14.3 Å². The summed E-state index contributed by atoms with van der Waals surface area (Å²) in [7, 11) is 1.88. The number of para-hydroxylation sites is 1. The van der Waals surface area contributed by atoms with E-state index in [0.29, 0.717) is 18.8 Å². The lowest BCUT2D eigenvalue weighted by Gasteiger charge is -2.18. The molecule has 0 bridgehead atoms. The maximum absolute atomic E-state index is 12.2. The van der Waals surface area contributed by atoms with E-state index in [-0.39, 0.29) is 11.5 Å². The molecule has 0 fully saturated rings. The summed E-state index contributed by atoms with van der Waals surface area (Å²) in [4.78, 5) is 12.2. The fourth-order valence-corrected chi connectivity index (χ4v) is 2.96. The van der Waals surface area contributed by atoms with Crippen LogP contribution in [0.5, 0.6) is 11.5 Å². The standard InChI is InChI=1S/C19H24N2O3/c1-13-8-9-15(21(13)4)18(22)20-10-11-23-16-7-5-6-14-12-19(2,3)24-17(14)16/h5-9H,10-12H2,1-4H3,(H,20,22). The minimum Gasteiger partial charge on any atom is -0.488 e. The van der Waals surface area contributed by atoms with E-state index in [9.17, 15) is 4.79 Å². The lowest BCUT2D eigenvalue weighted by atomic mass is 10.0. The molecule has 1 aliphatic heterocycles. The Labute approximate surface area is 142 Å². The molecule has 0 saturated carbocycles. The SMILES string of the molecule is Cc1ccc(C(=O)NCCOc2cccc3c2OC(C)(C)C3)n1C. The Kier molecular flexibility index (Phi) is 4.26. The van der Waals surface area contributed by atoms with E-state index in [4.69, 9.17) is 9.47 Å². The smallest absolute Gasteiger partial charge is 0.268 e. The first-order chi connectivity index (χ1) is 11.4. The third kappa shape index (κ3) is 3.25. The normalized spacial score (nSPS) is 14.8. The third-order valence-electron chi connectivity index (χ3n) is 4.31. The van der Waals surface area contributed by atoms with E-state index in [2.05, 4.69) is 25.2 Å². The van der Waals surface area contributed by atoms with Crippen molar-refractivity contribution in [3.05, 3.63) is 47.3 Å². The number of amides is 1. The highest BCUT2D eigenvalue weighted by Crippen LogP contribution is 2.41. The van der Waals surface area contributed by atoms with Gasteiger partial charge in [0.1, 0.15) is 17.9 Å². The van der Waals surface area contributed by atoms with Gasteiger partial charge >= 0.3 is 0 Å². The van der Waals surface area contributed by atoms with Crippen LogP contribution in [0.1, 0.15) is 35.6 Å². The van der Waals surface area contributed by atoms with Gasteiger partial charge in [-0.15, -0.1) is 0 Å². The maximum Gasteiger partial charge on any atom is 0.268 e. The zero-order valence-electron chi connectivity index (χ0n) is 14.7. The number of fused-ring (bicyclic) bond motifs is 1. The first kappa shape index (κ1) is 16.4. The molecule has 0 radical (unpaired) electrons. The van der Waals surface area contributed by atoms with Crippen molar-refractivity contribution in [1.82, 2.24) is 9.88 Å². The average Bonchev–Trinajstić information content (AvgIpc) is 3.02. The van der Waals surface area contributed by atoms with E-state index in [1.54, 1.807) is 0 Å². The summed E-state index contributed by atoms with van der Waals surface area (Å²) in [6.45, 7) is 6.95. The zero-order chi connectivity index (χ0) is 17.3. The molecule has 0 unspecified atom stereocenters. The largest absolute Gasteiger partial charge is 0.488 e. The highest BCUT2D eigenvalue weighted by atomic mass is 16.5. The molecule has 5 heteroatoms. The molecule has 0 saturated heterocycles. The van der Waals surface area contributed by atoms with Gasteiger partial charge in [0.25, 0.3) is 5.91 Å². The minimum atomic E-state index is -0.194. The van der Waals surface area contributed by atoms with Gasteiger partial charge in [-0.25, -0.2) is 0 Å². The Hall–Kier alpha value is -2.43. The molecule has 1 amide bonds. The minimum absolute atomic E-state index is 0.0927. The second-order valence-corrected chi connectivity index (χ2v) is 6.81. The van der Waals surface area contributed by atoms with Gasteiger partial charge in [-0.05, 0) is 39.0 Å². The molecule has 0 aliphatic carbocycles. The molecule has 0 atom stereocenters. The maximum atomic E-state index is 12.2. The molecule has 1 aliphatic rings. The molecule has 1 aromatic heterocycles. The van der Waals surface area contributed by atoms with Gasteiger partial charge in [0.2, 0.25) is 0 Å². The van der Waals surface area contributed by atoms with E-state index in [1.165, 1.54) is 5.56 Å². The summed E-state index contributed by atoms with van der Waals surface area (Å²) in [5.74, 6) is 1.47. The van der Waals surface area contributed by atoms with Crippen LogP contribution in [0.2, 0.25) is 0 Å². The van der Waals surface area contributed by atoms with E-state index in [1.807, 2.05) is 42.8 Å². The average molecular weight is 328 g/mol. The molecule has 5 nitrogen and oxygen atoms in total. The van der Waals surface area contributed by atoms with Crippen molar-refractivity contribution in [1.29, 1.82) is 0 Å². The molecule has 3 rings (SSSR count). The Morgan fingerprint density at radius 2 is 2.12 bits per heavy atom. The summed E-state index contributed by atoms with van der Waals surface area (Å²) in [5, 5.41) is 2.88. The molecule has 128 valence electrons. The van der Waals surface area contributed by atoms with Crippen molar-refractivity contribution in [2.24, 2.45) is 7.05 Å². The predicted octanol–water partition coefficient (Wildman–Crippen LogP) is 2.86. The van der Waals surface area contributed by atoms with Crippen molar-refractivity contribution in [3.8, 4) is 11.5 Å². The Morgan fingerprint density at radius 1 is 1.33 bits per heavy atom. The number of hydrogen-bond acceptors (Lipinski definition) is 3. The second-order valence-electron chi connectivity index (χ2n) is 6.81. The van der Waals surface area contributed by atoms with E-state index >= 15 is 0 Å². The molecule has 1 aromatic carbocycles. The van der Waals surface area contributed by atoms with Crippen molar-refractivity contribution in [2.45, 2.75) is 32.8 Å². The van der Waals surface area contributed by atoms with Crippen LogP contribution >= 0.6 is 0 Å². The number of aromatic nitrogens is 1. The van der Waals surface area contributed by atoms with Gasteiger partial charge in [-0.2, -0.15) is 0 Å². The molecular weight excluding hydrogens is 304 g/mol. The first-order valence-corrected chi connectivity index (χ1v) is 8.21. The fraction of sp³-hybridized carbons (Fsp3) is 0.421. The van der Waals surface area contributed by atoms with Crippen molar-refractivity contribution in [2.75, 3.05) is 13.2 Å². The summed E-state index contributed by atoms with van der Waals surface area (Å²) < 4.78 is 13.7. The van der Waals surface area contributed by atoms with E-state index in [0.717, 1.165) is 23.6 Å². The highest BCUT2D eigenvalue weighted by molar-refractivity contribution is 5.92. The number of carbonyl (C=O) groups excluding carboxylic acids is 1. The molecule has 2 heterocycles. The number of benzene rings is 1. The Bertz CT molecular complexity index is 762. The first-order valence-electron chi connectivity index (χ1n) is 8.21. The quantitative estimate of drug-likeness (QED) is 0.859. The highest BCUT2D eigenvalue weighted by Gasteiger charge is 2.32. The van der Waals surface area contributed by atoms with Gasteiger partial charge in [-0.3, -0.25) is 4.79 Å². The van der Waals surface area contributed by atoms with Crippen LogP contribution < -0.4 is 14.8 Å². The summed E-state index contributed by atoms with van der Waals surface area (Å²) >= 11 is 0. The Balaban J connectivity index is 1.54. The number of nitrogens with one attached hydrogen (secondary N) is 1. The summed E-state index contributed by atoms with van der Waals surface area (Å²) in [6.07, 6.45) is 0.878.